The first-order valence-electron chi connectivity index (χ1n) is 6.52. The zero-order valence-electron chi connectivity index (χ0n) is 12.1. The Balaban J connectivity index is 2.98. The van der Waals surface area contributed by atoms with Gasteiger partial charge in [-0.15, -0.1) is 0 Å². The van der Waals surface area contributed by atoms with Crippen LogP contribution in [0, 0.1) is 5.92 Å². The number of carbonyl (C=O) groups is 1. The molecule has 21 heavy (non-hydrogen) atoms. The third-order valence-corrected chi connectivity index (χ3v) is 4.07. The number of hydrogen-bond acceptors (Lipinski definition) is 5. The molecule has 0 saturated heterocycles. The third-order valence-electron chi connectivity index (χ3n) is 3.16. The molecule has 7 nitrogen and oxygen atoms in total. The van der Waals surface area contributed by atoms with Gasteiger partial charge in [0.05, 0.1) is 17.7 Å². The molecule has 8 heteroatoms. The van der Waals surface area contributed by atoms with E-state index in [4.69, 9.17) is 15.6 Å². The molecule has 0 spiro atoms. The summed E-state index contributed by atoms with van der Waals surface area (Å²) in [5.74, 6) is 0.186. The summed E-state index contributed by atoms with van der Waals surface area (Å²) in [7, 11) is -2.42. The number of primary sulfonamides is 1. The summed E-state index contributed by atoms with van der Waals surface area (Å²) >= 11 is 0. The minimum Gasteiger partial charge on any atom is -0.495 e. The average molecular weight is 315 g/mol. The Kier molecular flexibility index (Phi) is 6.13. The lowest BCUT2D eigenvalue weighted by molar-refractivity contribution is -0.117. The molecular formula is C13H21N3O4S. The third kappa shape index (κ3) is 5.00. The number of sulfonamides is 1. The second-order valence-corrected chi connectivity index (χ2v) is 6.23. The standard InChI is InChI=1S/C13H21N3O4S/c1-3-9(8-14)6-13(17)16-11-7-10(21(15,18)19)4-5-12(11)20-2/h4-5,7,9H,3,6,8,14H2,1-2H3,(H,16,17)(H2,15,18,19). The van der Waals surface area contributed by atoms with E-state index < -0.39 is 10.0 Å². The van der Waals surface area contributed by atoms with E-state index in [1.807, 2.05) is 6.92 Å². The van der Waals surface area contributed by atoms with Crippen LogP contribution >= 0.6 is 0 Å². The van der Waals surface area contributed by atoms with E-state index in [0.717, 1.165) is 6.42 Å². The van der Waals surface area contributed by atoms with E-state index in [1.54, 1.807) is 0 Å². The molecular weight excluding hydrogens is 294 g/mol. The van der Waals surface area contributed by atoms with Crippen molar-refractivity contribution in [1.29, 1.82) is 0 Å². The average Bonchev–Trinajstić information content (AvgIpc) is 2.43. The van der Waals surface area contributed by atoms with Gasteiger partial charge in [-0.05, 0) is 30.7 Å². The Bertz CT molecular complexity index is 597. The van der Waals surface area contributed by atoms with Crippen molar-refractivity contribution >= 4 is 21.6 Å². The van der Waals surface area contributed by atoms with Crippen LogP contribution in [0.4, 0.5) is 5.69 Å². The number of nitrogens with one attached hydrogen (secondary N) is 1. The van der Waals surface area contributed by atoms with Crippen molar-refractivity contribution < 1.29 is 17.9 Å². The highest BCUT2D eigenvalue weighted by molar-refractivity contribution is 7.89. The van der Waals surface area contributed by atoms with E-state index in [0.29, 0.717) is 12.3 Å². The summed E-state index contributed by atoms with van der Waals surface area (Å²) in [6.07, 6.45) is 1.05. The van der Waals surface area contributed by atoms with Crippen molar-refractivity contribution in [3.8, 4) is 5.75 Å². The van der Waals surface area contributed by atoms with Gasteiger partial charge in [0.2, 0.25) is 15.9 Å². The quantitative estimate of drug-likeness (QED) is 0.681. The van der Waals surface area contributed by atoms with Gasteiger partial charge >= 0.3 is 0 Å². The normalized spacial score (nSPS) is 12.8. The lowest BCUT2D eigenvalue weighted by Crippen LogP contribution is -2.22. The molecule has 118 valence electrons. The highest BCUT2D eigenvalue weighted by atomic mass is 32.2. The Labute approximate surface area is 124 Å². The Morgan fingerprint density at radius 1 is 1.43 bits per heavy atom. The molecule has 0 bridgehead atoms. The predicted octanol–water partition coefficient (Wildman–Crippen LogP) is 0.656. The van der Waals surface area contributed by atoms with Crippen molar-refractivity contribution in [1.82, 2.24) is 0 Å². The van der Waals surface area contributed by atoms with Crippen LogP contribution < -0.4 is 20.9 Å². The van der Waals surface area contributed by atoms with Crippen LogP contribution in [0.15, 0.2) is 23.1 Å². The van der Waals surface area contributed by atoms with Crippen LogP contribution in [0.1, 0.15) is 19.8 Å². The van der Waals surface area contributed by atoms with E-state index in [9.17, 15) is 13.2 Å². The summed E-state index contributed by atoms with van der Waals surface area (Å²) in [4.78, 5) is 11.9. The molecule has 0 radical (unpaired) electrons. The molecule has 0 aromatic heterocycles. The van der Waals surface area contributed by atoms with Crippen LogP contribution in [0.3, 0.4) is 0 Å². The summed E-state index contributed by atoms with van der Waals surface area (Å²) < 4.78 is 27.8. The van der Waals surface area contributed by atoms with Gasteiger partial charge in [-0.3, -0.25) is 4.79 Å². The molecule has 0 aliphatic rings. The van der Waals surface area contributed by atoms with Gasteiger partial charge in [-0.25, -0.2) is 13.6 Å². The van der Waals surface area contributed by atoms with Crippen molar-refractivity contribution in [2.24, 2.45) is 16.8 Å². The van der Waals surface area contributed by atoms with Gasteiger partial charge in [0.1, 0.15) is 5.75 Å². The highest BCUT2D eigenvalue weighted by Gasteiger charge is 2.16. The first-order chi connectivity index (χ1) is 9.81. The fourth-order valence-electron chi connectivity index (χ4n) is 1.82. The van der Waals surface area contributed by atoms with Crippen molar-refractivity contribution in [2.45, 2.75) is 24.7 Å². The molecule has 1 aromatic carbocycles. The first-order valence-corrected chi connectivity index (χ1v) is 8.07. The van der Waals surface area contributed by atoms with Crippen LogP contribution in [0.5, 0.6) is 5.75 Å². The van der Waals surface area contributed by atoms with Gasteiger partial charge in [-0.1, -0.05) is 13.3 Å². The van der Waals surface area contributed by atoms with Gasteiger partial charge in [-0.2, -0.15) is 0 Å². The smallest absolute Gasteiger partial charge is 0.238 e. The molecule has 1 unspecified atom stereocenters. The summed E-state index contributed by atoms with van der Waals surface area (Å²) in [5, 5.41) is 7.71. The number of nitrogens with two attached hydrogens (primary N) is 2. The van der Waals surface area contributed by atoms with Gasteiger partial charge in [0, 0.05) is 6.42 Å². The second kappa shape index (κ2) is 7.39. The van der Waals surface area contributed by atoms with E-state index in [-0.39, 0.29) is 28.8 Å². The Hall–Kier alpha value is -1.64. The second-order valence-electron chi connectivity index (χ2n) is 4.67. The lowest BCUT2D eigenvalue weighted by atomic mass is 10.0. The molecule has 0 aliphatic carbocycles. The number of ether oxygens (including phenoxy) is 1. The number of hydrogen-bond donors (Lipinski definition) is 3. The van der Waals surface area contributed by atoms with Crippen LogP contribution in [0.25, 0.3) is 0 Å². The predicted molar refractivity (Wildman–Crippen MR) is 80.4 cm³/mol. The molecule has 0 fully saturated rings. The fourth-order valence-corrected chi connectivity index (χ4v) is 2.36. The summed E-state index contributed by atoms with van der Waals surface area (Å²) in [6.45, 7) is 2.37. The lowest BCUT2D eigenvalue weighted by Gasteiger charge is -2.14. The van der Waals surface area contributed by atoms with Crippen molar-refractivity contribution in [3.63, 3.8) is 0 Å². The van der Waals surface area contributed by atoms with E-state index >= 15 is 0 Å². The molecule has 0 saturated carbocycles. The number of benzene rings is 1. The minimum atomic E-state index is -3.85. The summed E-state index contributed by atoms with van der Waals surface area (Å²) in [5.41, 5.74) is 5.83. The van der Waals surface area contributed by atoms with Gasteiger partial charge < -0.3 is 15.8 Å². The Morgan fingerprint density at radius 3 is 2.57 bits per heavy atom. The zero-order valence-corrected chi connectivity index (χ0v) is 12.9. The number of methoxy groups -OCH3 is 1. The Morgan fingerprint density at radius 2 is 2.10 bits per heavy atom. The number of rotatable bonds is 7. The SMILES string of the molecule is CCC(CN)CC(=O)Nc1cc(S(N)(=O)=O)ccc1OC. The van der Waals surface area contributed by atoms with Crippen molar-refractivity contribution in [2.75, 3.05) is 19.0 Å². The number of anilines is 1. The largest absolute Gasteiger partial charge is 0.495 e. The van der Waals surface area contributed by atoms with Crippen LogP contribution in [0.2, 0.25) is 0 Å². The molecule has 0 heterocycles. The number of carbonyl (C=O) groups excluding carboxylic acids is 1. The monoisotopic (exact) mass is 315 g/mol. The van der Waals surface area contributed by atoms with Gasteiger partial charge in [0.15, 0.2) is 0 Å². The zero-order chi connectivity index (χ0) is 16.0. The van der Waals surface area contributed by atoms with E-state index in [2.05, 4.69) is 5.32 Å². The minimum absolute atomic E-state index is 0.0809. The maximum atomic E-state index is 12.0. The molecule has 1 aromatic rings. The maximum absolute atomic E-state index is 12.0. The van der Waals surface area contributed by atoms with E-state index in [1.165, 1.54) is 25.3 Å². The van der Waals surface area contributed by atoms with Gasteiger partial charge in [0.25, 0.3) is 0 Å². The highest BCUT2D eigenvalue weighted by Crippen LogP contribution is 2.27. The summed E-state index contributed by atoms with van der Waals surface area (Å²) in [6, 6.07) is 4.03. The topological polar surface area (TPSA) is 125 Å². The molecule has 1 rings (SSSR count). The van der Waals surface area contributed by atoms with Crippen LogP contribution in [-0.4, -0.2) is 28.0 Å². The van der Waals surface area contributed by atoms with Crippen LogP contribution in [-0.2, 0) is 14.8 Å². The molecule has 1 amide bonds. The van der Waals surface area contributed by atoms with Crippen molar-refractivity contribution in [3.05, 3.63) is 18.2 Å². The molecule has 5 N–H and O–H groups in total. The number of amides is 1. The fraction of sp³-hybridized carbons (Fsp3) is 0.462. The molecule has 0 aliphatic heterocycles. The maximum Gasteiger partial charge on any atom is 0.238 e. The first kappa shape index (κ1) is 17.4. The molecule has 1 atom stereocenters.